The molecule has 0 fully saturated rings. The van der Waals surface area contributed by atoms with E-state index in [1.807, 2.05) is 0 Å². The zero-order valence-corrected chi connectivity index (χ0v) is 8.42. The maximum absolute atomic E-state index is 12.3. The van der Waals surface area contributed by atoms with Gasteiger partial charge in [0.05, 0.1) is 10.5 Å². The maximum atomic E-state index is 12.3. The van der Waals surface area contributed by atoms with E-state index in [0.29, 0.717) is 0 Å². The molecule has 0 saturated carbocycles. The van der Waals surface area contributed by atoms with Gasteiger partial charge in [0.2, 0.25) is 0 Å². The highest BCUT2D eigenvalue weighted by Crippen LogP contribution is 2.36. The Morgan fingerprint density at radius 3 is 2.44 bits per heavy atom. The van der Waals surface area contributed by atoms with E-state index in [-0.39, 0.29) is 5.02 Å². The highest BCUT2D eigenvalue weighted by molar-refractivity contribution is 6.30. The summed E-state index contributed by atoms with van der Waals surface area (Å²) in [6, 6.07) is 0.460. The van der Waals surface area contributed by atoms with Gasteiger partial charge in [0, 0.05) is 11.1 Å². The molecule has 1 aromatic carbocycles. The van der Waals surface area contributed by atoms with Crippen LogP contribution >= 0.6 is 11.6 Å². The first-order valence-corrected chi connectivity index (χ1v) is 4.37. The van der Waals surface area contributed by atoms with Crippen molar-refractivity contribution in [3.63, 3.8) is 0 Å². The molecule has 0 spiro atoms. The molecule has 0 aliphatic heterocycles. The summed E-state index contributed by atoms with van der Waals surface area (Å²) in [5.41, 5.74) is 3.54. The van der Waals surface area contributed by atoms with Crippen molar-refractivity contribution >= 4 is 17.3 Å². The standard InChI is InChI=1S/C8H6ClF3N2O2/c9-4-1-2-5(6(3-4)14(15)16)7(13)8(10,11)12/h1-3,7H,13H2/t7-/m1/s1. The third-order valence-electron chi connectivity index (χ3n) is 1.88. The Bertz CT molecular complexity index is 422. The van der Waals surface area contributed by atoms with E-state index in [9.17, 15) is 23.3 Å². The topological polar surface area (TPSA) is 69.2 Å². The number of nitro groups is 1. The molecule has 2 N–H and O–H groups in total. The SMILES string of the molecule is N[C@H](c1ccc(Cl)cc1[N+](=O)[O-])C(F)(F)F. The van der Waals surface area contributed by atoms with Crippen LogP contribution in [0.2, 0.25) is 5.02 Å². The van der Waals surface area contributed by atoms with Gasteiger partial charge in [-0.1, -0.05) is 11.6 Å². The zero-order chi connectivity index (χ0) is 12.5. The Labute approximate surface area is 93.0 Å². The van der Waals surface area contributed by atoms with E-state index < -0.39 is 28.4 Å². The Kier molecular flexibility index (Phi) is 3.39. The lowest BCUT2D eigenvalue weighted by Gasteiger charge is -2.15. The monoisotopic (exact) mass is 254 g/mol. The van der Waals surface area contributed by atoms with Crippen molar-refractivity contribution in [3.8, 4) is 0 Å². The van der Waals surface area contributed by atoms with Crippen molar-refractivity contribution in [2.24, 2.45) is 5.73 Å². The highest BCUT2D eigenvalue weighted by Gasteiger charge is 2.41. The molecule has 0 aromatic heterocycles. The van der Waals surface area contributed by atoms with Gasteiger partial charge in [-0.05, 0) is 12.1 Å². The largest absolute Gasteiger partial charge is 0.407 e. The van der Waals surface area contributed by atoms with Gasteiger partial charge in [-0.15, -0.1) is 0 Å². The van der Waals surface area contributed by atoms with Crippen LogP contribution in [0.1, 0.15) is 11.6 Å². The first-order valence-electron chi connectivity index (χ1n) is 3.99. The Hall–Kier alpha value is -1.34. The average Bonchev–Trinajstić information content (AvgIpc) is 2.15. The molecular weight excluding hydrogens is 249 g/mol. The normalized spacial score (nSPS) is 13.6. The summed E-state index contributed by atoms with van der Waals surface area (Å²) in [6.07, 6.45) is -4.74. The molecule has 0 amide bonds. The fourth-order valence-electron chi connectivity index (χ4n) is 1.11. The summed E-state index contributed by atoms with van der Waals surface area (Å²) in [6.45, 7) is 0. The third kappa shape index (κ3) is 2.61. The number of nitro benzene ring substituents is 1. The molecule has 16 heavy (non-hydrogen) atoms. The van der Waals surface area contributed by atoms with Crippen LogP contribution in [0.15, 0.2) is 18.2 Å². The molecule has 0 unspecified atom stereocenters. The minimum Gasteiger partial charge on any atom is -0.316 e. The Balaban J connectivity index is 3.28. The van der Waals surface area contributed by atoms with Crippen molar-refractivity contribution in [1.29, 1.82) is 0 Å². The quantitative estimate of drug-likeness (QED) is 0.652. The fourth-order valence-corrected chi connectivity index (χ4v) is 1.28. The van der Waals surface area contributed by atoms with Gasteiger partial charge in [-0.25, -0.2) is 0 Å². The van der Waals surface area contributed by atoms with E-state index in [2.05, 4.69) is 0 Å². The predicted octanol–water partition coefficient (Wildman–Crippen LogP) is 2.81. The van der Waals surface area contributed by atoms with Crippen LogP contribution in [-0.4, -0.2) is 11.1 Å². The molecule has 0 heterocycles. The van der Waals surface area contributed by atoms with Crippen LogP contribution < -0.4 is 5.73 Å². The van der Waals surface area contributed by atoms with Crippen molar-refractivity contribution in [1.82, 2.24) is 0 Å². The molecule has 0 aliphatic carbocycles. The molecule has 1 rings (SSSR count). The van der Waals surface area contributed by atoms with Crippen LogP contribution in [0.5, 0.6) is 0 Å². The van der Waals surface area contributed by atoms with Crippen molar-refractivity contribution in [2.45, 2.75) is 12.2 Å². The number of halogens is 4. The number of rotatable bonds is 2. The van der Waals surface area contributed by atoms with Crippen molar-refractivity contribution < 1.29 is 18.1 Å². The number of nitrogens with zero attached hydrogens (tertiary/aromatic N) is 1. The van der Waals surface area contributed by atoms with E-state index in [0.717, 1.165) is 18.2 Å². The molecule has 1 atom stereocenters. The summed E-state index contributed by atoms with van der Waals surface area (Å²) >= 11 is 5.45. The first-order chi connectivity index (χ1) is 7.23. The summed E-state index contributed by atoms with van der Waals surface area (Å²) in [7, 11) is 0. The summed E-state index contributed by atoms with van der Waals surface area (Å²) in [5.74, 6) is 0. The van der Waals surface area contributed by atoms with Gasteiger partial charge in [0.1, 0.15) is 6.04 Å². The maximum Gasteiger partial charge on any atom is 0.407 e. The fraction of sp³-hybridized carbons (Fsp3) is 0.250. The van der Waals surface area contributed by atoms with E-state index in [4.69, 9.17) is 17.3 Å². The molecule has 0 aliphatic rings. The highest BCUT2D eigenvalue weighted by atomic mass is 35.5. The molecule has 1 aromatic rings. The summed E-state index contributed by atoms with van der Waals surface area (Å²) in [4.78, 5) is 9.58. The third-order valence-corrected chi connectivity index (χ3v) is 2.11. The number of benzene rings is 1. The smallest absolute Gasteiger partial charge is 0.316 e. The lowest BCUT2D eigenvalue weighted by Crippen LogP contribution is -2.29. The van der Waals surface area contributed by atoms with Gasteiger partial charge < -0.3 is 5.73 Å². The second-order valence-electron chi connectivity index (χ2n) is 2.98. The summed E-state index contributed by atoms with van der Waals surface area (Å²) in [5, 5.41) is 10.5. The minimum atomic E-state index is -4.74. The molecule has 8 heteroatoms. The molecule has 0 saturated heterocycles. The van der Waals surface area contributed by atoms with Crippen molar-refractivity contribution in [2.75, 3.05) is 0 Å². The Morgan fingerprint density at radius 1 is 1.44 bits per heavy atom. The second-order valence-corrected chi connectivity index (χ2v) is 3.42. The van der Waals surface area contributed by atoms with Crippen molar-refractivity contribution in [3.05, 3.63) is 38.9 Å². The molecule has 0 radical (unpaired) electrons. The van der Waals surface area contributed by atoms with Gasteiger partial charge in [-0.3, -0.25) is 10.1 Å². The number of hydrogen-bond donors (Lipinski definition) is 1. The molecular formula is C8H6ClF3N2O2. The van der Waals surface area contributed by atoms with Crippen LogP contribution in [0, 0.1) is 10.1 Å². The minimum absolute atomic E-state index is 0.0233. The van der Waals surface area contributed by atoms with Crippen LogP contribution in [0.4, 0.5) is 18.9 Å². The van der Waals surface area contributed by atoms with Gasteiger partial charge in [0.25, 0.3) is 5.69 Å². The molecule has 0 bridgehead atoms. The van der Waals surface area contributed by atoms with E-state index in [1.54, 1.807) is 0 Å². The molecule has 4 nitrogen and oxygen atoms in total. The van der Waals surface area contributed by atoms with Crippen LogP contribution in [0.25, 0.3) is 0 Å². The number of nitrogens with two attached hydrogens (primary N) is 1. The zero-order valence-electron chi connectivity index (χ0n) is 7.66. The Morgan fingerprint density at radius 2 is 2.00 bits per heavy atom. The van der Waals surface area contributed by atoms with Gasteiger partial charge in [0.15, 0.2) is 0 Å². The van der Waals surface area contributed by atoms with E-state index in [1.165, 1.54) is 0 Å². The average molecular weight is 255 g/mol. The predicted molar refractivity (Wildman–Crippen MR) is 51.1 cm³/mol. The van der Waals surface area contributed by atoms with Gasteiger partial charge in [-0.2, -0.15) is 13.2 Å². The lowest BCUT2D eigenvalue weighted by molar-refractivity contribution is -0.386. The summed E-state index contributed by atoms with van der Waals surface area (Å²) < 4.78 is 36.9. The van der Waals surface area contributed by atoms with Crippen LogP contribution in [0.3, 0.4) is 0 Å². The van der Waals surface area contributed by atoms with Gasteiger partial charge >= 0.3 is 6.18 Å². The first kappa shape index (κ1) is 12.7. The number of alkyl halides is 3. The van der Waals surface area contributed by atoms with E-state index >= 15 is 0 Å². The number of hydrogen-bond acceptors (Lipinski definition) is 3. The lowest BCUT2D eigenvalue weighted by atomic mass is 10.1. The van der Waals surface area contributed by atoms with Crippen LogP contribution in [-0.2, 0) is 0 Å². The molecule has 88 valence electrons. The second kappa shape index (κ2) is 4.26.